The molecular weight excluding hydrogens is 260 g/mol. The Balaban J connectivity index is 2.77. The first kappa shape index (κ1) is 14.3. The van der Waals surface area contributed by atoms with Gasteiger partial charge in [0, 0.05) is 19.3 Å². The van der Waals surface area contributed by atoms with Crippen molar-refractivity contribution in [2.24, 2.45) is 0 Å². The van der Waals surface area contributed by atoms with E-state index in [1.807, 2.05) is 0 Å². The van der Waals surface area contributed by atoms with Crippen LogP contribution in [0.4, 0.5) is 10.5 Å². The summed E-state index contributed by atoms with van der Waals surface area (Å²) in [6.45, 7) is 0.0649. The number of carboxylic acids is 1. The van der Waals surface area contributed by atoms with Crippen LogP contribution in [0.2, 0.25) is 5.02 Å². The fourth-order valence-electron chi connectivity index (χ4n) is 1.24. The number of aliphatic hydroxyl groups is 1. The third-order valence-corrected chi connectivity index (χ3v) is 2.55. The number of benzene rings is 1. The summed E-state index contributed by atoms with van der Waals surface area (Å²) in [6, 6.07) is 3.70. The summed E-state index contributed by atoms with van der Waals surface area (Å²) in [5, 5.41) is 20.1. The maximum Gasteiger partial charge on any atom is 0.337 e. The molecule has 1 aromatic rings. The van der Waals surface area contributed by atoms with Crippen LogP contribution in [0.15, 0.2) is 18.2 Å². The van der Waals surface area contributed by atoms with Gasteiger partial charge in [-0.15, -0.1) is 0 Å². The number of halogens is 1. The van der Waals surface area contributed by atoms with Crippen molar-refractivity contribution in [2.45, 2.75) is 0 Å². The lowest BCUT2D eigenvalue weighted by Crippen LogP contribution is -2.33. The Hall–Kier alpha value is -1.79. The topological polar surface area (TPSA) is 89.9 Å². The molecule has 0 atom stereocenters. The van der Waals surface area contributed by atoms with Crippen LogP contribution in [0.1, 0.15) is 10.4 Å². The van der Waals surface area contributed by atoms with Crippen molar-refractivity contribution in [3.8, 4) is 0 Å². The molecule has 0 bridgehead atoms. The van der Waals surface area contributed by atoms with Crippen molar-refractivity contribution in [1.29, 1.82) is 0 Å². The van der Waals surface area contributed by atoms with Gasteiger partial charge in [-0.2, -0.15) is 0 Å². The summed E-state index contributed by atoms with van der Waals surface area (Å²) >= 11 is 5.76. The fourth-order valence-corrected chi connectivity index (χ4v) is 1.50. The Labute approximate surface area is 109 Å². The molecule has 98 valence electrons. The van der Waals surface area contributed by atoms with Gasteiger partial charge in [-0.3, -0.25) is 0 Å². The smallest absolute Gasteiger partial charge is 0.337 e. The number of aliphatic hydroxyl groups excluding tert-OH is 1. The van der Waals surface area contributed by atoms with Crippen molar-refractivity contribution in [1.82, 2.24) is 4.90 Å². The Kier molecular flexibility index (Phi) is 4.94. The van der Waals surface area contributed by atoms with E-state index in [9.17, 15) is 9.59 Å². The third kappa shape index (κ3) is 3.61. The fraction of sp³-hybridized carbons (Fsp3) is 0.273. The monoisotopic (exact) mass is 272 g/mol. The third-order valence-electron chi connectivity index (χ3n) is 2.23. The average Bonchev–Trinajstić information content (AvgIpc) is 2.28. The van der Waals surface area contributed by atoms with Gasteiger partial charge in [0.25, 0.3) is 0 Å². The molecule has 1 aromatic carbocycles. The van der Waals surface area contributed by atoms with Gasteiger partial charge in [-0.05, 0) is 18.2 Å². The number of hydrogen-bond acceptors (Lipinski definition) is 3. The van der Waals surface area contributed by atoms with E-state index < -0.39 is 12.0 Å². The molecule has 0 saturated heterocycles. The van der Waals surface area contributed by atoms with Gasteiger partial charge >= 0.3 is 12.0 Å². The highest BCUT2D eigenvalue weighted by Gasteiger charge is 2.11. The molecule has 2 amide bonds. The number of urea groups is 1. The van der Waals surface area contributed by atoms with Crippen molar-refractivity contribution in [3.05, 3.63) is 28.8 Å². The molecule has 0 radical (unpaired) electrons. The van der Waals surface area contributed by atoms with E-state index in [2.05, 4.69) is 5.32 Å². The van der Waals surface area contributed by atoms with Crippen LogP contribution in [0.25, 0.3) is 0 Å². The molecule has 0 aliphatic carbocycles. The van der Waals surface area contributed by atoms with Crippen LogP contribution in [-0.4, -0.2) is 47.3 Å². The summed E-state index contributed by atoms with van der Waals surface area (Å²) in [7, 11) is 1.53. The maximum absolute atomic E-state index is 11.6. The minimum absolute atomic E-state index is 0.0293. The lowest BCUT2D eigenvalue weighted by Gasteiger charge is -2.16. The van der Waals surface area contributed by atoms with E-state index in [0.29, 0.717) is 5.69 Å². The van der Waals surface area contributed by atoms with Crippen molar-refractivity contribution in [2.75, 3.05) is 25.5 Å². The number of aromatic carboxylic acids is 1. The number of anilines is 1. The normalized spacial score (nSPS) is 9.94. The molecule has 0 saturated carbocycles. The highest BCUT2D eigenvalue weighted by Crippen LogP contribution is 2.21. The SMILES string of the molecule is CN(CCO)C(=O)Nc1ccc(C(=O)O)c(Cl)c1. The summed E-state index contributed by atoms with van der Waals surface area (Å²) in [4.78, 5) is 23.6. The maximum atomic E-state index is 11.6. The number of rotatable bonds is 4. The van der Waals surface area contributed by atoms with Gasteiger partial charge in [0.1, 0.15) is 0 Å². The summed E-state index contributed by atoms with van der Waals surface area (Å²) in [6.07, 6.45) is 0. The van der Waals surface area contributed by atoms with Gasteiger partial charge in [0.15, 0.2) is 0 Å². The second-order valence-electron chi connectivity index (χ2n) is 3.58. The molecule has 0 heterocycles. The summed E-state index contributed by atoms with van der Waals surface area (Å²) in [5.74, 6) is -1.13. The van der Waals surface area contributed by atoms with E-state index in [-0.39, 0.29) is 23.7 Å². The van der Waals surface area contributed by atoms with E-state index >= 15 is 0 Å². The molecular formula is C11H13ClN2O4. The number of nitrogens with zero attached hydrogens (tertiary/aromatic N) is 1. The zero-order valence-electron chi connectivity index (χ0n) is 9.68. The van der Waals surface area contributed by atoms with E-state index in [1.54, 1.807) is 0 Å². The van der Waals surface area contributed by atoms with E-state index in [1.165, 1.54) is 30.1 Å². The number of carboxylic acid groups (broad SMARTS) is 1. The lowest BCUT2D eigenvalue weighted by atomic mass is 10.2. The Morgan fingerprint density at radius 3 is 2.61 bits per heavy atom. The summed E-state index contributed by atoms with van der Waals surface area (Å²) in [5.41, 5.74) is 0.359. The molecule has 7 heteroatoms. The standard InChI is InChI=1S/C11H13ClN2O4/c1-14(4-5-15)11(18)13-7-2-3-8(10(16)17)9(12)6-7/h2-3,6,15H,4-5H2,1H3,(H,13,18)(H,16,17). The Morgan fingerprint density at radius 2 is 2.11 bits per heavy atom. The lowest BCUT2D eigenvalue weighted by molar-refractivity contribution is 0.0697. The first-order valence-electron chi connectivity index (χ1n) is 5.11. The number of carbonyl (C=O) groups is 2. The molecule has 1 rings (SSSR count). The highest BCUT2D eigenvalue weighted by atomic mass is 35.5. The second kappa shape index (κ2) is 6.23. The number of carbonyl (C=O) groups excluding carboxylic acids is 1. The van der Waals surface area contributed by atoms with Gasteiger partial charge < -0.3 is 20.4 Å². The molecule has 18 heavy (non-hydrogen) atoms. The predicted octanol–water partition coefficient (Wildman–Crippen LogP) is 1.49. The van der Waals surface area contributed by atoms with Gasteiger partial charge in [-0.25, -0.2) is 9.59 Å². The van der Waals surface area contributed by atoms with Gasteiger partial charge in [0.2, 0.25) is 0 Å². The number of amides is 2. The minimum Gasteiger partial charge on any atom is -0.478 e. The largest absolute Gasteiger partial charge is 0.478 e. The predicted molar refractivity (Wildman–Crippen MR) is 67.1 cm³/mol. The van der Waals surface area contributed by atoms with Gasteiger partial charge in [-0.1, -0.05) is 11.6 Å². The van der Waals surface area contributed by atoms with E-state index in [4.69, 9.17) is 21.8 Å². The number of hydrogen-bond donors (Lipinski definition) is 3. The highest BCUT2D eigenvalue weighted by molar-refractivity contribution is 6.33. The molecule has 0 aliphatic heterocycles. The quantitative estimate of drug-likeness (QED) is 0.775. The Morgan fingerprint density at radius 1 is 1.44 bits per heavy atom. The molecule has 0 aromatic heterocycles. The van der Waals surface area contributed by atoms with Crippen LogP contribution >= 0.6 is 11.6 Å². The minimum atomic E-state index is -1.13. The van der Waals surface area contributed by atoms with Crippen LogP contribution in [0, 0.1) is 0 Å². The van der Waals surface area contributed by atoms with Crippen molar-refractivity contribution < 1.29 is 19.8 Å². The van der Waals surface area contributed by atoms with Crippen molar-refractivity contribution in [3.63, 3.8) is 0 Å². The van der Waals surface area contributed by atoms with Crippen molar-refractivity contribution >= 4 is 29.3 Å². The molecule has 0 fully saturated rings. The zero-order valence-corrected chi connectivity index (χ0v) is 10.4. The Bertz CT molecular complexity index is 464. The molecule has 0 unspecified atom stereocenters. The number of likely N-dealkylation sites (N-methyl/N-ethyl adjacent to an activating group) is 1. The second-order valence-corrected chi connectivity index (χ2v) is 3.98. The van der Waals surface area contributed by atoms with Crippen LogP contribution in [-0.2, 0) is 0 Å². The summed E-state index contributed by atoms with van der Waals surface area (Å²) < 4.78 is 0. The average molecular weight is 273 g/mol. The van der Waals surface area contributed by atoms with Crippen LogP contribution in [0.3, 0.4) is 0 Å². The molecule has 0 spiro atoms. The first-order valence-corrected chi connectivity index (χ1v) is 5.49. The zero-order chi connectivity index (χ0) is 13.7. The molecule has 0 aliphatic rings. The first-order chi connectivity index (χ1) is 8.45. The molecule has 6 nitrogen and oxygen atoms in total. The number of nitrogens with one attached hydrogen (secondary N) is 1. The van der Waals surface area contributed by atoms with Crippen LogP contribution in [0.5, 0.6) is 0 Å². The molecule has 3 N–H and O–H groups in total. The van der Waals surface area contributed by atoms with Crippen LogP contribution < -0.4 is 5.32 Å². The van der Waals surface area contributed by atoms with E-state index in [0.717, 1.165) is 0 Å². The van der Waals surface area contributed by atoms with Gasteiger partial charge in [0.05, 0.1) is 17.2 Å².